The molecule has 1 heterocycles. The second-order valence-corrected chi connectivity index (χ2v) is 5.10. The highest BCUT2D eigenvalue weighted by molar-refractivity contribution is 6.30. The van der Waals surface area contributed by atoms with E-state index in [-0.39, 0.29) is 18.4 Å². The number of rotatable bonds is 4. The van der Waals surface area contributed by atoms with Crippen LogP contribution in [0.5, 0.6) is 0 Å². The van der Waals surface area contributed by atoms with E-state index in [4.69, 9.17) is 11.6 Å². The standard InChI is InChI=1S/C14H15ClF2N2O/c1-8-10(14(15)19(2)18-8)6-9(20)7-11-12(16)4-3-5-13(11)17/h3-5,9,20H,6-7H2,1-2H3. The molecule has 0 aliphatic carbocycles. The molecule has 1 N–H and O–H groups in total. The number of nitrogens with zero attached hydrogens (tertiary/aromatic N) is 2. The molecule has 0 amide bonds. The molecule has 2 aromatic rings. The Kier molecular flexibility index (Phi) is 4.40. The molecule has 1 aromatic heterocycles. The Morgan fingerprint density at radius 3 is 2.30 bits per heavy atom. The average molecular weight is 301 g/mol. The van der Waals surface area contributed by atoms with Gasteiger partial charge in [0, 0.05) is 31.0 Å². The number of aliphatic hydroxyl groups is 1. The van der Waals surface area contributed by atoms with Gasteiger partial charge in [-0.05, 0) is 19.1 Å². The van der Waals surface area contributed by atoms with E-state index < -0.39 is 17.7 Å². The summed E-state index contributed by atoms with van der Waals surface area (Å²) in [7, 11) is 1.70. The van der Waals surface area contributed by atoms with Crippen LogP contribution in [0.15, 0.2) is 18.2 Å². The van der Waals surface area contributed by atoms with Crippen molar-refractivity contribution in [1.29, 1.82) is 0 Å². The lowest BCUT2D eigenvalue weighted by Crippen LogP contribution is -2.16. The summed E-state index contributed by atoms with van der Waals surface area (Å²) in [6, 6.07) is 3.64. The first-order valence-electron chi connectivity index (χ1n) is 6.19. The Morgan fingerprint density at radius 2 is 1.80 bits per heavy atom. The Labute approximate surface area is 120 Å². The maximum Gasteiger partial charge on any atom is 0.130 e. The van der Waals surface area contributed by atoms with Gasteiger partial charge in [-0.2, -0.15) is 5.10 Å². The smallest absolute Gasteiger partial charge is 0.130 e. The van der Waals surface area contributed by atoms with Crippen LogP contribution in [-0.4, -0.2) is 21.0 Å². The first-order valence-corrected chi connectivity index (χ1v) is 6.57. The van der Waals surface area contributed by atoms with E-state index in [9.17, 15) is 13.9 Å². The van der Waals surface area contributed by atoms with Crippen LogP contribution in [-0.2, 0) is 19.9 Å². The van der Waals surface area contributed by atoms with Gasteiger partial charge in [-0.3, -0.25) is 4.68 Å². The molecule has 0 spiro atoms. The molecular formula is C14H15ClF2N2O. The van der Waals surface area contributed by atoms with Crippen molar-refractivity contribution in [2.45, 2.75) is 25.9 Å². The fourth-order valence-electron chi connectivity index (χ4n) is 2.18. The molecule has 0 fully saturated rings. The highest BCUT2D eigenvalue weighted by Gasteiger charge is 2.18. The quantitative estimate of drug-likeness (QED) is 0.943. The molecular weight excluding hydrogens is 286 g/mol. The van der Waals surface area contributed by atoms with Gasteiger partial charge in [-0.1, -0.05) is 17.7 Å². The third kappa shape index (κ3) is 2.99. The van der Waals surface area contributed by atoms with Crippen LogP contribution in [0.2, 0.25) is 5.15 Å². The van der Waals surface area contributed by atoms with Crippen molar-refractivity contribution in [2.24, 2.45) is 7.05 Å². The zero-order valence-corrected chi connectivity index (χ0v) is 12.0. The second kappa shape index (κ2) is 5.89. The van der Waals surface area contributed by atoms with Crippen LogP contribution in [0.3, 0.4) is 0 Å². The normalized spacial score (nSPS) is 12.7. The Hall–Kier alpha value is -1.46. The molecule has 0 aliphatic heterocycles. The van der Waals surface area contributed by atoms with Crippen molar-refractivity contribution >= 4 is 11.6 Å². The van der Waals surface area contributed by atoms with E-state index in [1.54, 1.807) is 14.0 Å². The summed E-state index contributed by atoms with van der Waals surface area (Å²) in [6.07, 6.45) is -0.836. The van der Waals surface area contributed by atoms with E-state index in [1.165, 1.54) is 22.9 Å². The molecule has 6 heteroatoms. The fraction of sp³-hybridized carbons (Fsp3) is 0.357. The predicted molar refractivity (Wildman–Crippen MR) is 72.7 cm³/mol. The lowest BCUT2D eigenvalue weighted by Gasteiger charge is -2.12. The van der Waals surface area contributed by atoms with Crippen LogP contribution < -0.4 is 0 Å². The maximum absolute atomic E-state index is 13.5. The van der Waals surface area contributed by atoms with Crippen LogP contribution in [0.4, 0.5) is 8.78 Å². The Bertz CT molecular complexity index is 608. The number of aromatic nitrogens is 2. The number of halogens is 3. The first-order chi connectivity index (χ1) is 9.40. The van der Waals surface area contributed by atoms with Crippen LogP contribution in [0, 0.1) is 18.6 Å². The molecule has 0 radical (unpaired) electrons. The average Bonchev–Trinajstić information content (AvgIpc) is 2.61. The zero-order chi connectivity index (χ0) is 14.9. The summed E-state index contributed by atoms with van der Waals surface area (Å²) >= 11 is 6.06. The molecule has 1 aromatic carbocycles. The monoisotopic (exact) mass is 300 g/mol. The Balaban J connectivity index is 2.15. The van der Waals surface area contributed by atoms with Crippen molar-refractivity contribution in [3.05, 3.63) is 51.8 Å². The van der Waals surface area contributed by atoms with E-state index in [0.29, 0.717) is 16.4 Å². The molecule has 0 aliphatic rings. The van der Waals surface area contributed by atoms with Gasteiger partial charge < -0.3 is 5.11 Å². The molecule has 20 heavy (non-hydrogen) atoms. The summed E-state index contributed by atoms with van der Waals surface area (Å²) in [4.78, 5) is 0. The van der Waals surface area contributed by atoms with Crippen molar-refractivity contribution in [1.82, 2.24) is 9.78 Å². The lowest BCUT2D eigenvalue weighted by molar-refractivity contribution is 0.172. The number of hydrogen-bond donors (Lipinski definition) is 1. The fourth-order valence-corrected chi connectivity index (χ4v) is 2.43. The molecule has 3 nitrogen and oxygen atoms in total. The molecule has 108 valence electrons. The first kappa shape index (κ1) is 14.9. The van der Waals surface area contributed by atoms with Crippen molar-refractivity contribution in [3.63, 3.8) is 0 Å². The van der Waals surface area contributed by atoms with Crippen molar-refractivity contribution in [2.75, 3.05) is 0 Å². The number of benzene rings is 1. The van der Waals surface area contributed by atoms with Crippen LogP contribution in [0.1, 0.15) is 16.8 Å². The molecule has 2 rings (SSSR count). The minimum absolute atomic E-state index is 0.108. The number of aliphatic hydroxyl groups excluding tert-OH is 1. The summed E-state index contributed by atoms with van der Waals surface area (Å²) in [6.45, 7) is 1.78. The largest absolute Gasteiger partial charge is 0.392 e. The Morgan fingerprint density at radius 1 is 1.25 bits per heavy atom. The van der Waals surface area contributed by atoms with Gasteiger partial charge in [-0.15, -0.1) is 0 Å². The topological polar surface area (TPSA) is 38.0 Å². The highest BCUT2D eigenvalue weighted by atomic mass is 35.5. The summed E-state index contributed by atoms with van der Waals surface area (Å²) in [5, 5.41) is 14.6. The summed E-state index contributed by atoms with van der Waals surface area (Å²) in [5.41, 5.74) is 1.28. The molecule has 0 saturated carbocycles. The van der Waals surface area contributed by atoms with Gasteiger partial charge in [0.1, 0.15) is 16.8 Å². The zero-order valence-electron chi connectivity index (χ0n) is 11.2. The van der Waals surface area contributed by atoms with Gasteiger partial charge in [0.05, 0.1) is 11.8 Å². The van der Waals surface area contributed by atoms with Crippen LogP contribution in [0.25, 0.3) is 0 Å². The third-order valence-electron chi connectivity index (χ3n) is 3.21. The predicted octanol–water partition coefficient (Wildman–Crippen LogP) is 2.81. The highest BCUT2D eigenvalue weighted by Crippen LogP contribution is 2.22. The lowest BCUT2D eigenvalue weighted by atomic mass is 10.0. The van der Waals surface area contributed by atoms with Gasteiger partial charge >= 0.3 is 0 Å². The SMILES string of the molecule is Cc1nn(C)c(Cl)c1CC(O)Cc1c(F)cccc1F. The van der Waals surface area contributed by atoms with Crippen molar-refractivity contribution in [3.8, 4) is 0 Å². The molecule has 1 unspecified atom stereocenters. The minimum Gasteiger partial charge on any atom is -0.392 e. The molecule has 0 bridgehead atoms. The van der Waals surface area contributed by atoms with Gasteiger partial charge in [0.25, 0.3) is 0 Å². The van der Waals surface area contributed by atoms with Gasteiger partial charge in [0.15, 0.2) is 0 Å². The summed E-state index contributed by atoms with van der Waals surface area (Å²) in [5.74, 6) is -1.31. The molecule has 0 saturated heterocycles. The number of hydrogen-bond acceptors (Lipinski definition) is 2. The van der Waals surface area contributed by atoms with Crippen LogP contribution >= 0.6 is 11.6 Å². The van der Waals surface area contributed by atoms with E-state index in [1.807, 2.05) is 0 Å². The van der Waals surface area contributed by atoms with E-state index >= 15 is 0 Å². The number of aryl methyl sites for hydroxylation is 2. The molecule has 1 atom stereocenters. The second-order valence-electron chi connectivity index (χ2n) is 4.74. The van der Waals surface area contributed by atoms with E-state index in [0.717, 1.165) is 0 Å². The third-order valence-corrected chi connectivity index (χ3v) is 3.68. The van der Waals surface area contributed by atoms with Gasteiger partial charge in [0.2, 0.25) is 0 Å². The summed E-state index contributed by atoms with van der Waals surface area (Å²) < 4.78 is 28.5. The van der Waals surface area contributed by atoms with E-state index in [2.05, 4.69) is 5.10 Å². The maximum atomic E-state index is 13.5. The van der Waals surface area contributed by atoms with Gasteiger partial charge in [-0.25, -0.2) is 8.78 Å². The van der Waals surface area contributed by atoms with Crippen molar-refractivity contribution < 1.29 is 13.9 Å². The minimum atomic E-state index is -0.929.